The molecule has 1 amide bonds. The molecule has 2 N–H and O–H groups in total. The van der Waals surface area contributed by atoms with Gasteiger partial charge in [-0.2, -0.15) is 8.78 Å². The zero-order chi connectivity index (χ0) is 18.9. The van der Waals surface area contributed by atoms with E-state index < -0.39 is 12.5 Å². The van der Waals surface area contributed by atoms with E-state index in [1.54, 1.807) is 30.3 Å². The number of hydrogen-bond acceptors (Lipinski definition) is 5. The van der Waals surface area contributed by atoms with Crippen LogP contribution < -0.4 is 19.5 Å². The topological polar surface area (TPSA) is 77.0 Å². The number of aliphatic hydroxyl groups excluding tert-OH is 1. The zero-order valence-corrected chi connectivity index (χ0v) is 14.1. The summed E-state index contributed by atoms with van der Waals surface area (Å²) in [6, 6.07) is 10.8. The van der Waals surface area contributed by atoms with Crippen molar-refractivity contribution in [2.45, 2.75) is 13.2 Å². The number of para-hydroxylation sites is 1. The molecule has 0 unspecified atom stereocenters. The van der Waals surface area contributed by atoms with Crippen molar-refractivity contribution in [1.82, 2.24) is 5.32 Å². The minimum Gasteiger partial charge on any atom is -0.493 e. The molecule has 0 aliphatic rings. The van der Waals surface area contributed by atoms with Gasteiger partial charge in [0, 0.05) is 17.7 Å². The molecular weight excluding hydrogens is 348 g/mol. The van der Waals surface area contributed by atoms with Crippen LogP contribution in [0.3, 0.4) is 0 Å². The van der Waals surface area contributed by atoms with Gasteiger partial charge in [-0.25, -0.2) is 0 Å². The quantitative estimate of drug-likeness (QED) is 0.712. The molecule has 140 valence electrons. The second kappa shape index (κ2) is 9.57. The lowest BCUT2D eigenvalue weighted by Crippen LogP contribution is -2.23. The van der Waals surface area contributed by atoms with E-state index >= 15 is 0 Å². The van der Waals surface area contributed by atoms with E-state index in [2.05, 4.69) is 10.1 Å². The number of benzene rings is 2. The van der Waals surface area contributed by atoms with Crippen LogP contribution in [0.2, 0.25) is 0 Å². The lowest BCUT2D eigenvalue weighted by molar-refractivity contribution is -0.0504. The molecule has 0 saturated heterocycles. The number of aliphatic hydroxyl groups is 1. The standard InChI is InChI=1S/C18H19F2NO5/c1-24-15-7-6-12(10-16(15)25-9-8-22)17(23)21-11-13-4-2-3-5-14(13)26-18(19)20/h2-7,10,18,22H,8-9,11H2,1H3,(H,21,23). The van der Waals surface area contributed by atoms with Crippen LogP contribution in [0.15, 0.2) is 42.5 Å². The molecule has 0 saturated carbocycles. The highest BCUT2D eigenvalue weighted by atomic mass is 19.3. The molecule has 0 fully saturated rings. The summed E-state index contributed by atoms with van der Waals surface area (Å²) in [5.74, 6) is 0.319. The fourth-order valence-electron chi connectivity index (χ4n) is 2.22. The average molecular weight is 367 g/mol. The summed E-state index contributed by atoms with van der Waals surface area (Å²) in [7, 11) is 1.46. The molecule has 0 atom stereocenters. The van der Waals surface area contributed by atoms with Crippen molar-refractivity contribution in [1.29, 1.82) is 0 Å². The van der Waals surface area contributed by atoms with Crippen molar-refractivity contribution in [2.24, 2.45) is 0 Å². The molecule has 0 radical (unpaired) electrons. The van der Waals surface area contributed by atoms with Crippen LogP contribution in [0.1, 0.15) is 15.9 Å². The summed E-state index contributed by atoms with van der Waals surface area (Å²) in [5, 5.41) is 11.5. The van der Waals surface area contributed by atoms with Crippen molar-refractivity contribution in [3.8, 4) is 17.2 Å². The second-order valence-corrected chi connectivity index (χ2v) is 5.11. The third-order valence-corrected chi connectivity index (χ3v) is 3.40. The van der Waals surface area contributed by atoms with Gasteiger partial charge < -0.3 is 24.6 Å². The number of methoxy groups -OCH3 is 1. The van der Waals surface area contributed by atoms with E-state index in [0.717, 1.165) is 0 Å². The van der Waals surface area contributed by atoms with Crippen LogP contribution in [0.5, 0.6) is 17.2 Å². The van der Waals surface area contributed by atoms with Crippen LogP contribution in [0.4, 0.5) is 8.78 Å². The highest BCUT2D eigenvalue weighted by Gasteiger charge is 2.13. The van der Waals surface area contributed by atoms with E-state index in [1.807, 2.05) is 0 Å². The van der Waals surface area contributed by atoms with Crippen molar-refractivity contribution in [2.75, 3.05) is 20.3 Å². The fraction of sp³-hybridized carbons (Fsp3) is 0.278. The van der Waals surface area contributed by atoms with Crippen LogP contribution in [-0.2, 0) is 6.54 Å². The molecule has 0 bridgehead atoms. The molecule has 2 aromatic carbocycles. The van der Waals surface area contributed by atoms with Gasteiger partial charge in [0.05, 0.1) is 13.7 Å². The summed E-state index contributed by atoms with van der Waals surface area (Å²) in [5.41, 5.74) is 0.720. The monoisotopic (exact) mass is 367 g/mol. The Kier molecular flexibility index (Phi) is 7.16. The van der Waals surface area contributed by atoms with Gasteiger partial charge in [-0.3, -0.25) is 4.79 Å². The first-order chi connectivity index (χ1) is 12.5. The van der Waals surface area contributed by atoms with Crippen molar-refractivity contribution < 1.29 is 32.9 Å². The predicted octanol–water partition coefficient (Wildman–Crippen LogP) is 2.60. The Bertz CT molecular complexity index is 739. The van der Waals surface area contributed by atoms with Crippen LogP contribution in [0, 0.1) is 0 Å². The highest BCUT2D eigenvalue weighted by molar-refractivity contribution is 5.94. The summed E-state index contributed by atoms with van der Waals surface area (Å²) in [6.07, 6.45) is 0. The number of carbonyl (C=O) groups is 1. The van der Waals surface area contributed by atoms with Crippen molar-refractivity contribution >= 4 is 5.91 Å². The van der Waals surface area contributed by atoms with Crippen molar-refractivity contribution in [3.63, 3.8) is 0 Å². The maximum Gasteiger partial charge on any atom is 0.387 e. The Labute approximate surface area is 149 Å². The van der Waals surface area contributed by atoms with Gasteiger partial charge in [0.2, 0.25) is 0 Å². The number of hydrogen-bond donors (Lipinski definition) is 2. The predicted molar refractivity (Wildman–Crippen MR) is 89.8 cm³/mol. The largest absolute Gasteiger partial charge is 0.493 e. The Morgan fingerprint density at radius 3 is 2.62 bits per heavy atom. The minimum absolute atomic E-state index is 0.00417. The first-order valence-electron chi connectivity index (χ1n) is 7.77. The molecule has 8 heteroatoms. The molecule has 0 aliphatic heterocycles. The molecule has 0 spiro atoms. The average Bonchev–Trinajstić information content (AvgIpc) is 2.64. The Morgan fingerprint density at radius 2 is 1.92 bits per heavy atom. The van der Waals surface area contributed by atoms with Gasteiger partial charge in [0.1, 0.15) is 12.4 Å². The molecule has 6 nitrogen and oxygen atoms in total. The molecule has 26 heavy (non-hydrogen) atoms. The summed E-state index contributed by atoms with van der Waals surface area (Å²) < 4.78 is 39.8. The number of alkyl halides is 2. The zero-order valence-electron chi connectivity index (χ0n) is 14.1. The molecule has 0 aromatic heterocycles. The number of amides is 1. The van der Waals surface area contributed by atoms with Gasteiger partial charge in [-0.1, -0.05) is 18.2 Å². The molecular formula is C18H19F2NO5. The van der Waals surface area contributed by atoms with Gasteiger partial charge >= 0.3 is 6.61 Å². The first-order valence-corrected chi connectivity index (χ1v) is 7.77. The van der Waals surface area contributed by atoms with Crippen molar-refractivity contribution in [3.05, 3.63) is 53.6 Å². The van der Waals surface area contributed by atoms with Gasteiger partial charge in [-0.05, 0) is 24.3 Å². The number of ether oxygens (including phenoxy) is 3. The van der Waals surface area contributed by atoms with Gasteiger partial charge in [0.15, 0.2) is 11.5 Å². The number of carbonyl (C=O) groups excluding carboxylic acids is 1. The minimum atomic E-state index is -2.94. The van der Waals surface area contributed by atoms with E-state index in [1.165, 1.54) is 19.2 Å². The van der Waals surface area contributed by atoms with E-state index in [-0.39, 0.29) is 25.5 Å². The molecule has 2 rings (SSSR count). The third kappa shape index (κ3) is 5.32. The SMILES string of the molecule is COc1ccc(C(=O)NCc2ccccc2OC(F)F)cc1OCCO. The maximum absolute atomic E-state index is 12.4. The Hall–Kier alpha value is -2.87. The third-order valence-electron chi connectivity index (χ3n) is 3.40. The molecule has 2 aromatic rings. The Balaban J connectivity index is 2.08. The fourth-order valence-corrected chi connectivity index (χ4v) is 2.22. The van der Waals surface area contributed by atoms with Crippen LogP contribution in [-0.4, -0.2) is 37.9 Å². The second-order valence-electron chi connectivity index (χ2n) is 5.11. The summed E-state index contributed by atoms with van der Waals surface area (Å²) in [4.78, 5) is 12.3. The summed E-state index contributed by atoms with van der Waals surface area (Å²) >= 11 is 0. The normalized spacial score (nSPS) is 10.5. The number of nitrogens with one attached hydrogen (secondary N) is 1. The highest BCUT2D eigenvalue weighted by Crippen LogP contribution is 2.28. The lowest BCUT2D eigenvalue weighted by atomic mass is 10.1. The summed E-state index contributed by atoms with van der Waals surface area (Å²) in [6.45, 7) is -3.06. The first kappa shape index (κ1) is 19.5. The smallest absolute Gasteiger partial charge is 0.387 e. The lowest BCUT2D eigenvalue weighted by Gasteiger charge is -2.13. The van der Waals surface area contributed by atoms with Gasteiger partial charge in [-0.15, -0.1) is 0 Å². The maximum atomic E-state index is 12.4. The van der Waals surface area contributed by atoms with Crippen LogP contribution in [0.25, 0.3) is 0 Å². The molecule has 0 heterocycles. The number of rotatable bonds is 9. The number of halogens is 2. The Morgan fingerprint density at radius 1 is 1.15 bits per heavy atom. The van der Waals surface area contributed by atoms with E-state index in [0.29, 0.717) is 22.6 Å². The van der Waals surface area contributed by atoms with Gasteiger partial charge in [0.25, 0.3) is 5.91 Å². The van der Waals surface area contributed by atoms with E-state index in [4.69, 9.17) is 14.6 Å². The molecule has 0 aliphatic carbocycles. The van der Waals surface area contributed by atoms with E-state index in [9.17, 15) is 13.6 Å². The van der Waals surface area contributed by atoms with Crippen LogP contribution >= 0.6 is 0 Å².